The summed E-state index contributed by atoms with van der Waals surface area (Å²) < 4.78 is 4.55. The first kappa shape index (κ1) is 50.6. The number of rotatable bonds is 10. The van der Waals surface area contributed by atoms with Crippen LogP contribution in [0.2, 0.25) is 0 Å². The smallest absolute Gasteiger partial charge is 0.156 e. The predicted molar refractivity (Wildman–Crippen MR) is 251 cm³/mol. The Bertz CT molecular complexity index is 2020. The third-order valence-corrected chi connectivity index (χ3v) is 10.0. The van der Waals surface area contributed by atoms with E-state index in [0.717, 1.165) is 28.4 Å². The molecule has 2 heterocycles. The third kappa shape index (κ3) is 11.8. The summed E-state index contributed by atoms with van der Waals surface area (Å²) in [5, 5.41) is 18.9. The van der Waals surface area contributed by atoms with Crippen molar-refractivity contribution in [3.63, 3.8) is 0 Å². The average Bonchev–Trinajstić information content (AvgIpc) is 3.71. The fourth-order valence-corrected chi connectivity index (χ4v) is 7.36. The maximum absolute atomic E-state index is 5.89. The fraction of sp³-hybridized carbons (Fsp3) is 0.460. The molecule has 0 aliphatic heterocycles. The minimum atomic E-state index is -0.287. The zero-order chi connectivity index (χ0) is 42.6. The van der Waals surface area contributed by atoms with Crippen LogP contribution in [0, 0.1) is 0 Å². The largest absolute Gasteiger partial charge is 0.671 e. The Kier molecular flexibility index (Phi) is 20.8. The van der Waals surface area contributed by atoms with E-state index in [4.69, 9.17) is 10.3 Å². The minimum Gasteiger partial charge on any atom is -0.671 e. The number of fused-ring (bicyclic) bond motifs is 3. The van der Waals surface area contributed by atoms with E-state index in [1.54, 1.807) is 42.3 Å². The molecule has 6 aromatic rings. The molecule has 1 atom stereocenters. The molecule has 1 unspecified atom stereocenters. The molecule has 0 saturated heterocycles. The van der Waals surface area contributed by atoms with Gasteiger partial charge in [-0.3, -0.25) is 4.57 Å². The molecule has 0 saturated carbocycles. The normalized spacial score (nSPS) is 11.6. The summed E-state index contributed by atoms with van der Waals surface area (Å²) in [4.78, 5) is 5.57. The second-order valence-corrected chi connectivity index (χ2v) is 16.5. The predicted octanol–water partition coefficient (Wildman–Crippen LogP) is 14.8. The van der Waals surface area contributed by atoms with E-state index in [1.165, 1.54) is 44.2 Å². The monoisotopic (exact) mass is 950 g/mol. The Balaban J connectivity index is 0.00000106. The van der Waals surface area contributed by atoms with Gasteiger partial charge in [0, 0.05) is 49.9 Å². The molecule has 2 aromatic heterocycles. The van der Waals surface area contributed by atoms with E-state index in [9.17, 15) is 0 Å². The molecular formula is C50H71HfN7-4. The number of aromatic nitrogens is 3. The van der Waals surface area contributed by atoms with Crippen LogP contribution in [0.4, 0.5) is 5.69 Å². The van der Waals surface area contributed by atoms with Crippen LogP contribution in [0.1, 0.15) is 144 Å². The summed E-state index contributed by atoms with van der Waals surface area (Å²) in [7, 11) is 12.6. The van der Waals surface area contributed by atoms with Gasteiger partial charge in [-0.2, -0.15) is 42.3 Å². The van der Waals surface area contributed by atoms with E-state index in [2.05, 4.69) is 186 Å². The van der Waals surface area contributed by atoms with E-state index in [-0.39, 0.29) is 31.9 Å². The number of benzene rings is 4. The van der Waals surface area contributed by atoms with Crippen LogP contribution in [0.15, 0.2) is 85.1 Å². The molecule has 7 nitrogen and oxygen atoms in total. The summed E-state index contributed by atoms with van der Waals surface area (Å²) >= 11 is 0. The molecule has 314 valence electrons. The van der Waals surface area contributed by atoms with Crippen LogP contribution in [-0.4, -0.2) is 56.4 Å². The molecule has 0 radical (unpaired) electrons. The molecule has 4 aromatic carbocycles. The quantitative estimate of drug-likeness (QED) is 0.126. The summed E-state index contributed by atoms with van der Waals surface area (Å²) in [6, 6.07) is 28.7. The van der Waals surface area contributed by atoms with Crippen molar-refractivity contribution in [1.29, 1.82) is 0 Å². The van der Waals surface area contributed by atoms with Gasteiger partial charge in [0.25, 0.3) is 0 Å². The molecule has 0 amide bonds. The minimum absolute atomic E-state index is 0. The second kappa shape index (κ2) is 23.9. The van der Waals surface area contributed by atoms with Gasteiger partial charge in [0.1, 0.15) is 5.82 Å². The molecule has 0 spiro atoms. The van der Waals surface area contributed by atoms with Gasteiger partial charge in [0.05, 0.1) is 11.0 Å². The molecular weight excluding hydrogens is 877 g/mol. The van der Waals surface area contributed by atoms with Crippen molar-refractivity contribution in [2.75, 3.05) is 42.3 Å². The SMILES string of the molecule is CC(C)c1cc(C(C)C)c(C([N-]c2c(C(C)C)cccc2C(C)C)c2nc(-n3c4ccccc4c4ccccc43)cn2C)c(C(C)C)c1.C[N-]C.C[N-]C.C[N-]C.[Hf]. The Morgan fingerprint density at radius 1 is 0.517 bits per heavy atom. The van der Waals surface area contributed by atoms with Crippen LogP contribution in [0.3, 0.4) is 0 Å². The summed E-state index contributed by atoms with van der Waals surface area (Å²) in [6.07, 6.45) is 2.20. The van der Waals surface area contributed by atoms with Crippen LogP contribution in [0.5, 0.6) is 0 Å². The number of aryl methyl sites for hydroxylation is 1. The Morgan fingerprint density at radius 3 is 1.29 bits per heavy atom. The van der Waals surface area contributed by atoms with E-state index in [0.29, 0.717) is 29.6 Å². The molecule has 58 heavy (non-hydrogen) atoms. The first-order valence-corrected chi connectivity index (χ1v) is 20.6. The Morgan fingerprint density at radius 2 is 0.914 bits per heavy atom. The number of para-hydroxylation sites is 3. The standard InChI is InChI=1S/C44H53N4.3C2H6N.Hf/c1-26(2)31-23-36(29(7)8)41(37(24-31)30(9)10)43(46-42-32(27(3)4)19-16-20-33(42)28(5)6)44-45-40(25-47(44)11)48-38-21-14-12-17-34(38)35-18-13-15-22-39(35)48;3*1-3-2;/h12-30,43H,1-11H3;3*1-2H3;/q4*-1;. The zero-order valence-corrected chi connectivity index (χ0v) is 42.3. The fourth-order valence-electron chi connectivity index (χ4n) is 7.36. The topological polar surface area (TPSA) is 79.2 Å². The second-order valence-electron chi connectivity index (χ2n) is 16.5. The first-order valence-electron chi connectivity index (χ1n) is 20.6. The molecule has 8 heteroatoms. The van der Waals surface area contributed by atoms with Gasteiger partial charge in [0.15, 0.2) is 5.82 Å². The third-order valence-electron chi connectivity index (χ3n) is 10.0. The maximum atomic E-state index is 5.89. The molecule has 0 N–H and O–H groups in total. The van der Waals surface area contributed by atoms with Crippen LogP contribution in [-0.2, 0) is 32.9 Å². The van der Waals surface area contributed by atoms with Crippen molar-refractivity contribution in [1.82, 2.24) is 14.1 Å². The van der Waals surface area contributed by atoms with Gasteiger partial charge in [-0.15, -0.1) is 5.69 Å². The van der Waals surface area contributed by atoms with Gasteiger partial charge in [-0.05, 0) is 70.0 Å². The van der Waals surface area contributed by atoms with Gasteiger partial charge >= 0.3 is 0 Å². The van der Waals surface area contributed by atoms with Gasteiger partial charge in [-0.25, -0.2) is 4.98 Å². The Labute approximate surface area is 371 Å². The van der Waals surface area contributed by atoms with Crippen LogP contribution >= 0.6 is 0 Å². The number of hydrogen-bond acceptors (Lipinski definition) is 1. The molecule has 0 bridgehead atoms. The van der Waals surface area contributed by atoms with Crippen molar-refractivity contribution in [3.05, 3.63) is 146 Å². The number of imidazole rings is 1. The zero-order valence-electron chi connectivity index (χ0n) is 38.7. The van der Waals surface area contributed by atoms with Crippen LogP contribution < -0.4 is 0 Å². The first-order chi connectivity index (χ1) is 27.1. The summed E-state index contributed by atoms with van der Waals surface area (Å²) in [5.74, 6) is 3.66. The molecule has 6 rings (SSSR count). The van der Waals surface area contributed by atoms with Crippen molar-refractivity contribution >= 4 is 27.5 Å². The van der Waals surface area contributed by atoms with Gasteiger partial charge in [-0.1, -0.05) is 147 Å². The number of hydrogen-bond donors (Lipinski definition) is 0. The van der Waals surface area contributed by atoms with Crippen molar-refractivity contribution in [2.45, 2.75) is 105 Å². The average molecular weight is 949 g/mol. The summed E-state index contributed by atoms with van der Waals surface area (Å²) in [6.45, 7) is 23.0. The van der Waals surface area contributed by atoms with Crippen LogP contribution in [0.25, 0.3) is 48.9 Å². The molecule has 0 aliphatic carbocycles. The van der Waals surface area contributed by atoms with E-state index in [1.807, 2.05) is 0 Å². The molecule has 0 aliphatic rings. The summed E-state index contributed by atoms with van der Waals surface area (Å²) in [5.41, 5.74) is 11.5. The van der Waals surface area contributed by atoms with E-state index >= 15 is 0 Å². The van der Waals surface area contributed by atoms with Gasteiger partial charge < -0.3 is 25.8 Å². The number of nitrogens with zero attached hydrogens (tertiary/aromatic N) is 7. The van der Waals surface area contributed by atoms with Gasteiger partial charge in [0.2, 0.25) is 0 Å². The van der Waals surface area contributed by atoms with Crippen molar-refractivity contribution in [2.24, 2.45) is 7.05 Å². The van der Waals surface area contributed by atoms with E-state index < -0.39 is 0 Å². The van der Waals surface area contributed by atoms with Crippen molar-refractivity contribution < 1.29 is 25.8 Å². The Hall–Kier alpha value is -3.56. The maximum Gasteiger partial charge on any atom is 0.156 e. The molecule has 0 fully saturated rings. The van der Waals surface area contributed by atoms with Crippen molar-refractivity contribution in [3.8, 4) is 5.82 Å².